The van der Waals surface area contributed by atoms with Crippen molar-refractivity contribution in [3.8, 4) is 0 Å². The van der Waals surface area contributed by atoms with Crippen LogP contribution in [-0.2, 0) is 16.6 Å². The average Bonchev–Trinajstić information content (AvgIpc) is 2.41. The van der Waals surface area contributed by atoms with Gasteiger partial charge in [0.05, 0.1) is 0 Å². The van der Waals surface area contributed by atoms with E-state index in [1.165, 1.54) is 11.1 Å². The maximum Gasteiger partial charge on any atom is 0.404 e. The number of ether oxygens (including phenoxy) is 1. The van der Waals surface area contributed by atoms with E-state index in [4.69, 9.17) is 10.5 Å². The molecule has 1 aromatic carbocycles. The number of nitrogens with two attached hydrogens (primary N) is 1. The van der Waals surface area contributed by atoms with Crippen molar-refractivity contribution >= 4 is 22.0 Å². The Kier molecular flexibility index (Phi) is 5.22. The highest BCUT2D eigenvalue weighted by atomic mass is 79.9. The molecule has 0 spiro atoms. The lowest BCUT2D eigenvalue weighted by atomic mass is 10.1. The summed E-state index contributed by atoms with van der Waals surface area (Å²) in [5, 5.41) is 0.892. The molecule has 0 aliphatic carbocycles. The van der Waals surface area contributed by atoms with E-state index in [1.807, 2.05) is 0 Å². The summed E-state index contributed by atoms with van der Waals surface area (Å²) in [5.41, 5.74) is 7.64. The van der Waals surface area contributed by atoms with E-state index >= 15 is 0 Å². The van der Waals surface area contributed by atoms with Crippen LogP contribution in [0.25, 0.3) is 0 Å². The minimum Gasteiger partial charge on any atom is -0.446 e. The fourth-order valence-corrected chi connectivity index (χ4v) is 2.72. The third-order valence-electron chi connectivity index (χ3n) is 3.40. The first-order valence-corrected chi connectivity index (χ1v) is 7.62. The summed E-state index contributed by atoms with van der Waals surface area (Å²) in [6.45, 7) is 2.84. The molecule has 1 aliphatic rings. The zero-order valence-corrected chi connectivity index (χ0v) is 12.4. The second-order valence-electron chi connectivity index (χ2n) is 4.86. The van der Waals surface area contributed by atoms with Gasteiger partial charge in [-0.3, -0.25) is 4.90 Å². The van der Waals surface area contributed by atoms with Gasteiger partial charge in [-0.1, -0.05) is 40.2 Å². The first-order valence-electron chi connectivity index (χ1n) is 6.49. The lowest BCUT2D eigenvalue weighted by Gasteiger charge is -2.31. The van der Waals surface area contributed by atoms with E-state index in [9.17, 15) is 4.79 Å². The zero-order chi connectivity index (χ0) is 13.7. The molecule has 19 heavy (non-hydrogen) atoms. The molecule has 1 saturated heterocycles. The summed E-state index contributed by atoms with van der Waals surface area (Å²) in [6.07, 6.45) is 1.05. The maximum atomic E-state index is 10.7. The fourth-order valence-electron chi connectivity index (χ4n) is 2.34. The first-order chi connectivity index (χ1) is 9.17. The van der Waals surface area contributed by atoms with Crippen molar-refractivity contribution in [2.45, 2.75) is 30.8 Å². The van der Waals surface area contributed by atoms with Gasteiger partial charge in [0, 0.05) is 25.0 Å². The molecule has 0 radical (unpaired) electrons. The molecular weight excluding hydrogens is 308 g/mol. The Hall–Kier alpha value is -1.07. The van der Waals surface area contributed by atoms with Gasteiger partial charge in [-0.25, -0.2) is 4.79 Å². The third-order valence-corrected chi connectivity index (χ3v) is 4.05. The molecule has 0 saturated carbocycles. The Morgan fingerprint density at radius 3 is 2.37 bits per heavy atom. The summed E-state index contributed by atoms with van der Waals surface area (Å²) in [7, 11) is 0. The number of rotatable bonds is 4. The average molecular weight is 327 g/mol. The number of likely N-dealkylation sites (tertiary alicyclic amines) is 1. The topological polar surface area (TPSA) is 55.6 Å². The molecule has 2 N–H and O–H groups in total. The summed E-state index contributed by atoms with van der Waals surface area (Å²) >= 11 is 3.44. The van der Waals surface area contributed by atoms with Crippen LogP contribution in [0.15, 0.2) is 24.3 Å². The van der Waals surface area contributed by atoms with Crippen LogP contribution >= 0.6 is 15.9 Å². The molecule has 0 atom stereocenters. The lowest BCUT2D eigenvalue weighted by Crippen LogP contribution is -2.38. The summed E-state index contributed by atoms with van der Waals surface area (Å²) < 4.78 is 5.03. The highest BCUT2D eigenvalue weighted by molar-refractivity contribution is 9.08. The Morgan fingerprint density at radius 2 is 1.84 bits per heavy atom. The Balaban J connectivity index is 1.80. The van der Waals surface area contributed by atoms with Crippen molar-refractivity contribution < 1.29 is 9.53 Å². The highest BCUT2D eigenvalue weighted by Crippen LogP contribution is 2.17. The summed E-state index contributed by atoms with van der Waals surface area (Å²) in [5.74, 6) is 0. The van der Waals surface area contributed by atoms with E-state index in [2.05, 4.69) is 45.1 Å². The van der Waals surface area contributed by atoms with Crippen molar-refractivity contribution in [1.29, 1.82) is 0 Å². The second kappa shape index (κ2) is 6.91. The zero-order valence-electron chi connectivity index (χ0n) is 10.8. The summed E-state index contributed by atoms with van der Waals surface area (Å²) in [6, 6.07) is 8.63. The molecule has 1 aliphatic heterocycles. The van der Waals surface area contributed by atoms with Gasteiger partial charge in [0.1, 0.15) is 6.10 Å². The minimum atomic E-state index is -0.663. The van der Waals surface area contributed by atoms with Gasteiger partial charge in [-0.15, -0.1) is 0 Å². The number of hydrogen-bond acceptors (Lipinski definition) is 3. The Labute approximate surface area is 122 Å². The number of amides is 1. The van der Waals surface area contributed by atoms with Crippen LogP contribution < -0.4 is 5.73 Å². The number of halogens is 1. The second-order valence-corrected chi connectivity index (χ2v) is 5.42. The van der Waals surface area contributed by atoms with Gasteiger partial charge in [-0.2, -0.15) is 0 Å². The van der Waals surface area contributed by atoms with Crippen LogP contribution in [0.5, 0.6) is 0 Å². The highest BCUT2D eigenvalue weighted by Gasteiger charge is 2.21. The number of primary amides is 1. The number of hydrogen-bond donors (Lipinski definition) is 1. The van der Waals surface area contributed by atoms with E-state index in [-0.39, 0.29) is 6.10 Å². The van der Waals surface area contributed by atoms with E-state index in [0.717, 1.165) is 37.8 Å². The molecule has 1 aromatic rings. The first kappa shape index (κ1) is 14.3. The van der Waals surface area contributed by atoms with E-state index in [1.54, 1.807) is 0 Å². The Bertz CT molecular complexity index is 414. The minimum absolute atomic E-state index is 0.00970. The molecule has 2 rings (SSSR count). The molecule has 0 aromatic heterocycles. The molecule has 104 valence electrons. The van der Waals surface area contributed by atoms with Crippen LogP contribution in [0, 0.1) is 0 Å². The van der Waals surface area contributed by atoms with Crippen molar-refractivity contribution in [1.82, 2.24) is 4.90 Å². The monoisotopic (exact) mass is 326 g/mol. The number of nitrogens with zero attached hydrogens (tertiary/aromatic N) is 1. The van der Waals surface area contributed by atoms with Crippen molar-refractivity contribution in [2.24, 2.45) is 5.73 Å². The number of benzene rings is 1. The van der Waals surface area contributed by atoms with Gasteiger partial charge in [0.2, 0.25) is 0 Å². The Morgan fingerprint density at radius 1 is 1.26 bits per heavy atom. The maximum absolute atomic E-state index is 10.7. The number of alkyl halides is 1. The molecule has 0 unspecified atom stereocenters. The fraction of sp³-hybridized carbons (Fsp3) is 0.500. The van der Waals surface area contributed by atoms with Crippen LogP contribution in [0.3, 0.4) is 0 Å². The number of carbonyl (C=O) groups excluding carboxylic acids is 1. The molecule has 1 heterocycles. The number of carbonyl (C=O) groups is 1. The third kappa shape index (κ3) is 4.51. The van der Waals surface area contributed by atoms with Crippen LogP contribution in [0.2, 0.25) is 0 Å². The lowest BCUT2D eigenvalue weighted by molar-refractivity contribution is 0.0541. The largest absolute Gasteiger partial charge is 0.446 e. The van der Waals surface area contributed by atoms with Gasteiger partial charge >= 0.3 is 6.09 Å². The van der Waals surface area contributed by atoms with E-state index in [0.29, 0.717) is 0 Å². The SMILES string of the molecule is NC(=O)OC1CCN(Cc2ccc(CBr)cc2)CC1. The molecule has 1 amide bonds. The molecule has 4 nitrogen and oxygen atoms in total. The normalized spacial score (nSPS) is 17.3. The standard InChI is InChI=1S/C14H19BrN2O2/c15-9-11-1-3-12(4-2-11)10-17-7-5-13(6-8-17)19-14(16)18/h1-4,13H,5-10H2,(H2,16,18). The van der Waals surface area contributed by atoms with Crippen molar-refractivity contribution in [3.05, 3.63) is 35.4 Å². The van der Waals surface area contributed by atoms with Crippen LogP contribution in [-0.4, -0.2) is 30.2 Å². The van der Waals surface area contributed by atoms with Crippen molar-refractivity contribution in [2.75, 3.05) is 13.1 Å². The molecule has 0 bridgehead atoms. The van der Waals surface area contributed by atoms with Crippen LogP contribution in [0.4, 0.5) is 4.79 Å². The van der Waals surface area contributed by atoms with Crippen molar-refractivity contribution in [3.63, 3.8) is 0 Å². The quantitative estimate of drug-likeness (QED) is 0.865. The van der Waals surface area contributed by atoms with Gasteiger partial charge in [-0.05, 0) is 24.0 Å². The predicted molar refractivity (Wildman–Crippen MR) is 78.0 cm³/mol. The molecule has 5 heteroatoms. The molecule has 1 fully saturated rings. The smallest absolute Gasteiger partial charge is 0.404 e. The predicted octanol–water partition coefficient (Wildman–Crippen LogP) is 2.64. The number of piperidine rings is 1. The van der Waals surface area contributed by atoms with Crippen LogP contribution in [0.1, 0.15) is 24.0 Å². The van der Waals surface area contributed by atoms with Gasteiger partial charge in [0.25, 0.3) is 0 Å². The van der Waals surface area contributed by atoms with Gasteiger partial charge < -0.3 is 10.5 Å². The molecular formula is C14H19BrN2O2. The summed E-state index contributed by atoms with van der Waals surface area (Å²) in [4.78, 5) is 13.1. The van der Waals surface area contributed by atoms with E-state index < -0.39 is 6.09 Å². The van der Waals surface area contributed by atoms with Gasteiger partial charge in [0.15, 0.2) is 0 Å².